The smallest absolute Gasteiger partial charge is 0.0720 e. The van der Waals surface area contributed by atoms with E-state index in [1.54, 1.807) is 0 Å². The van der Waals surface area contributed by atoms with Gasteiger partial charge in [-0.2, -0.15) is 0 Å². The fourth-order valence-electron chi connectivity index (χ4n) is 10.2. The zero-order chi connectivity index (χ0) is 43.7. The number of fused-ring (bicyclic) bond motifs is 9. The lowest BCUT2D eigenvalue weighted by molar-refractivity contribution is 0.595. The first kappa shape index (κ1) is 42.6. The average molecular weight is 820 g/mol. The molecule has 3 aliphatic carbocycles. The van der Waals surface area contributed by atoms with Crippen molar-refractivity contribution in [2.24, 2.45) is 11.7 Å². The summed E-state index contributed by atoms with van der Waals surface area (Å²) < 4.78 is 0. The Morgan fingerprint density at radius 3 is 1.52 bits per heavy atom. The number of hydrazine groups is 1. The highest BCUT2D eigenvalue weighted by Crippen LogP contribution is 2.65. The molecule has 8 aromatic rings. The maximum atomic E-state index is 4.00. The highest BCUT2D eigenvalue weighted by molar-refractivity contribution is 5.90. The predicted molar refractivity (Wildman–Crippen MR) is 267 cm³/mol. The van der Waals surface area contributed by atoms with E-state index in [9.17, 15) is 0 Å². The van der Waals surface area contributed by atoms with Crippen molar-refractivity contribution in [2.75, 3.05) is 5.32 Å². The van der Waals surface area contributed by atoms with Gasteiger partial charge in [0, 0.05) is 12.2 Å². The minimum absolute atomic E-state index is 0.413. The van der Waals surface area contributed by atoms with E-state index in [0.717, 1.165) is 25.1 Å². The lowest BCUT2D eigenvalue weighted by Crippen LogP contribution is -2.45. The molecular weight excluding hydrogens is 763 g/mol. The van der Waals surface area contributed by atoms with Crippen molar-refractivity contribution in [1.82, 2.24) is 0 Å². The van der Waals surface area contributed by atoms with E-state index in [2.05, 4.69) is 230 Å². The molecule has 0 amide bonds. The summed E-state index contributed by atoms with van der Waals surface area (Å²) in [4.78, 5) is 0. The number of anilines is 1. The summed E-state index contributed by atoms with van der Waals surface area (Å²) in [5, 5.41) is 3.82. The molecule has 0 atom stereocenters. The summed E-state index contributed by atoms with van der Waals surface area (Å²) in [6.45, 7) is 6.83. The van der Waals surface area contributed by atoms with Gasteiger partial charge in [-0.3, -0.25) is 11.7 Å². The molecule has 0 unspecified atom stereocenters. The fourth-order valence-corrected chi connectivity index (χ4v) is 10.2. The van der Waals surface area contributed by atoms with Crippen LogP contribution in [0.25, 0.3) is 22.3 Å². The Morgan fingerprint density at radius 1 is 0.476 bits per heavy atom. The molecule has 63 heavy (non-hydrogen) atoms. The molecule has 3 heteroatoms. The summed E-state index contributed by atoms with van der Waals surface area (Å²) in [5.74, 6) is 8.00. The second-order valence-electron chi connectivity index (χ2n) is 16.0. The van der Waals surface area contributed by atoms with E-state index >= 15 is 0 Å². The van der Waals surface area contributed by atoms with Crippen molar-refractivity contribution in [3.05, 3.63) is 280 Å². The Kier molecular flexibility index (Phi) is 13.1. The van der Waals surface area contributed by atoms with Gasteiger partial charge in [-0.15, -0.1) is 0 Å². The lowest BCUT2D eigenvalue weighted by Gasteiger charge is -2.51. The Bertz CT molecular complexity index is 2770. The van der Waals surface area contributed by atoms with Crippen molar-refractivity contribution < 1.29 is 0 Å². The normalized spacial score (nSPS) is 17.1. The molecule has 3 nitrogen and oxygen atoms in total. The Labute approximate surface area is 374 Å². The second-order valence-corrected chi connectivity index (χ2v) is 16.0. The second kappa shape index (κ2) is 19.3. The molecule has 0 saturated heterocycles. The van der Waals surface area contributed by atoms with Crippen LogP contribution in [0.1, 0.15) is 76.8 Å². The van der Waals surface area contributed by atoms with E-state index in [1.165, 1.54) is 77.9 Å². The standard InChI is InChI=1S/C51H39N.C7H8.C2H6.H4N2/c1-4-16-37(17-5-1)38-30-28-36(29-31-38)35-52-41-32-33-43-42-22-10-11-23-44(42)51(49(43)34-41)47-26-14-12-24-45(47)50(39-18-6-2-7-19-39,40-20-8-3-9-21-40)46-25-13-15-27-48(46)51;1-7-5-3-2-4-6-7;2*1-2/h1-8,10-20,22-34,52H,9,21,35H2;2-6H,1H3;1-2H3;1-2H2. The molecule has 0 radical (unpaired) electrons. The topological polar surface area (TPSA) is 64.1 Å². The van der Waals surface area contributed by atoms with Gasteiger partial charge >= 0.3 is 0 Å². The van der Waals surface area contributed by atoms with E-state index in [4.69, 9.17) is 0 Å². The number of nitrogens with one attached hydrogen (secondary N) is 1. The number of hydrogen-bond acceptors (Lipinski definition) is 3. The molecule has 5 N–H and O–H groups in total. The minimum Gasteiger partial charge on any atom is -0.381 e. The van der Waals surface area contributed by atoms with Crippen LogP contribution < -0.4 is 17.0 Å². The first-order valence-corrected chi connectivity index (χ1v) is 22.3. The Balaban J connectivity index is 0.000000444. The minimum atomic E-state index is -0.475. The molecule has 11 rings (SSSR count). The molecule has 0 saturated carbocycles. The van der Waals surface area contributed by atoms with Gasteiger partial charge in [0.15, 0.2) is 0 Å². The number of rotatable bonds is 6. The van der Waals surface area contributed by atoms with Gasteiger partial charge in [-0.25, -0.2) is 0 Å². The van der Waals surface area contributed by atoms with E-state index in [-0.39, 0.29) is 0 Å². The molecule has 0 aromatic heterocycles. The van der Waals surface area contributed by atoms with Crippen molar-refractivity contribution in [3.63, 3.8) is 0 Å². The number of aryl methyl sites for hydroxylation is 1. The quantitative estimate of drug-likeness (QED) is 0.116. The molecule has 312 valence electrons. The maximum absolute atomic E-state index is 4.00. The molecule has 3 aliphatic rings. The van der Waals surface area contributed by atoms with Gasteiger partial charge in [0.1, 0.15) is 0 Å². The molecule has 1 spiro atoms. The maximum Gasteiger partial charge on any atom is 0.0720 e. The molecule has 0 bridgehead atoms. The summed E-state index contributed by atoms with van der Waals surface area (Å²) in [7, 11) is 0. The molecule has 8 aromatic carbocycles. The number of nitrogens with two attached hydrogens (primary N) is 2. The van der Waals surface area contributed by atoms with Gasteiger partial charge in [0.25, 0.3) is 0 Å². The van der Waals surface area contributed by atoms with Crippen molar-refractivity contribution in [3.8, 4) is 22.3 Å². The van der Waals surface area contributed by atoms with Crippen LogP contribution in [0.15, 0.2) is 230 Å². The van der Waals surface area contributed by atoms with Crippen LogP contribution in [0.2, 0.25) is 0 Å². The van der Waals surface area contributed by atoms with Crippen molar-refractivity contribution >= 4 is 5.69 Å². The first-order chi connectivity index (χ1) is 31.2. The highest BCUT2D eigenvalue weighted by atomic mass is 15.0. The van der Waals surface area contributed by atoms with Gasteiger partial charge in [0.05, 0.1) is 10.8 Å². The number of allylic oxidation sites excluding steroid dienone is 4. The summed E-state index contributed by atoms with van der Waals surface area (Å²) in [5.41, 5.74) is 18.9. The third kappa shape index (κ3) is 7.65. The zero-order valence-electron chi connectivity index (χ0n) is 36.6. The monoisotopic (exact) mass is 819 g/mol. The predicted octanol–water partition coefficient (Wildman–Crippen LogP) is 14.1. The van der Waals surface area contributed by atoms with Gasteiger partial charge < -0.3 is 5.32 Å². The highest BCUT2D eigenvalue weighted by Gasteiger charge is 2.57. The van der Waals surface area contributed by atoms with E-state index in [0.29, 0.717) is 0 Å². The summed E-state index contributed by atoms with van der Waals surface area (Å²) in [6.07, 6.45) is 9.04. The lowest BCUT2D eigenvalue weighted by atomic mass is 9.50. The first-order valence-electron chi connectivity index (χ1n) is 22.3. The van der Waals surface area contributed by atoms with Crippen LogP contribution in [0.5, 0.6) is 0 Å². The van der Waals surface area contributed by atoms with Crippen LogP contribution in [0.4, 0.5) is 5.69 Å². The summed E-state index contributed by atoms with van der Waals surface area (Å²) in [6, 6.07) is 75.9. The van der Waals surface area contributed by atoms with E-state index < -0.39 is 10.8 Å². The summed E-state index contributed by atoms with van der Waals surface area (Å²) >= 11 is 0. The van der Waals surface area contributed by atoms with Gasteiger partial charge in [-0.1, -0.05) is 237 Å². The van der Waals surface area contributed by atoms with E-state index in [1.807, 2.05) is 32.0 Å². The van der Waals surface area contributed by atoms with Crippen LogP contribution in [-0.4, -0.2) is 0 Å². The van der Waals surface area contributed by atoms with Gasteiger partial charge in [-0.05, 0) is 98.7 Å². The molecule has 0 heterocycles. The largest absolute Gasteiger partial charge is 0.381 e. The molecular formula is C60H57N3. The average Bonchev–Trinajstić information content (AvgIpc) is 3.66. The third-order valence-electron chi connectivity index (χ3n) is 12.7. The van der Waals surface area contributed by atoms with Crippen LogP contribution in [0, 0.1) is 6.92 Å². The third-order valence-corrected chi connectivity index (χ3v) is 12.7. The van der Waals surface area contributed by atoms with Crippen LogP contribution >= 0.6 is 0 Å². The fraction of sp³-hybridized carbons (Fsp3) is 0.133. The molecule has 0 fully saturated rings. The van der Waals surface area contributed by atoms with Crippen molar-refractivity contribution in [2.45, 2.75) is 51.0 Å². The SMILES string of the molecule is C1=CCCC(C2(c3ccccc3)c3ccccc3C3(c4ccccc4-c4ccc(NCc5ccc(-c6ccccc6)cc5)cc43)c3ccccc32)=C1.CC.Cc1ccccc1.NN. The molecule has 0 aliphatic heterocycles. The number of benzene rings is 8. The Morgan fingerprint density at radius 2 is 0.968 bits per heavy atom. The van der Waals surface area contributed by atoms with Gasteiger partial charge in [0.2, 0.25) is 0 Å². The Hall–Kier alpha value is -7.04. The van der Waals surface area contributed by atoms with Crippen LogP contribution in [0.3, 0.4) is 0 Å². The van der Waals surface area contributed by atoms with Crippen molar-refractivity contribution in [1.29, 1.82) is 0 Å². The van der Waals surface area contributed by atoms with Crippen LogP contribution in [-0.2, 0) is 17.4 Å². The zero-order valence-corrected chi connectivity index (χ0v) is 36.6. The number of hydrogen-bond donors (Lipinski definition) is 3.